The number of carbonyl (C=O) groups is 1. The number of aromatic nitrogens is 5. The van der Waals surface area contributed by atoms with Crippen LogP contribution in [0.5, 0.6) is 0 Å². The Bertz CT molecular complexity index is 558. The molecule has 18 heavy (non-hydrogen) atoms. The molecule has 1 aliphatic rings. The summed E-state index contributed by atoms with van der Waals surface area (Å²) in [5.74, 6) is 0.0141. The maximum Gasteiger partial charge on any atom is 0.289 e. The van der Waals surface area contributed by atoms with Crippen molar-refractivity contribution in [1.29, 1.82) is 0 Å². The molecule has 7 nitrogen and oxygen atoms in total. The van der Waals surface area contributed by atoms with Crippen LogP contribution in [0.1, 0.15) is 40.8 Å². The van der Waals surface area contributed by atoms with E-state index >= 15 is 0 Å². The number of rotatable bonds is 2. The fourth-order valence-electron chi connectivity index (χ4n) is 2.40. The maximum atomic E-state index is 11.9. The number of aromatic amines is 1. The molecule has 0 radical (unpaired) electrons. The summed E-state index contributed by atoms with van der Waals surface area (Å²) in [6.07, 6.45) is 6.15. The molecule has 0 saturated heterocycles. The highest BCUT2D eigenvalue weighted by Crippen LogP contribution is 2.29. The van der Waals surface area contributed by atoms with E-state index in [0.717, 1.165) is 24.8 Å². The van der Waals surface area contributed by atoms with Gasteiger partial charge in [-0.05, 0) is 19.3 Å². The zero-order chi connectivity index (χ0) is 12.5. The number of carbonyl (C=O) groups excluding carboxylic acids is 1. The Balaban J connectivity index is 1.80. The second-order valence-corrected chi connectivity index (χ2v) is 4.42. The minimum atomic E-state index is -0.228. The maximum absolute atomic E-state index is 11.9. The molecule has 0 aliphatic heterocycles. The fraction of sp³-hybridized carbons (Fsp3) is 0.455. The van der Waals surface area contributed by atoms with Gasteiger partial charge in [-0.1, -0.05) is 0 Å². The first-order chi connectivity index (χ1) is 8.75. The first kappa shape index (κ1) is 10.9. The van der Waals surface area contributed by atoms with E-state index in [1.807, 2.05) is 17.9 Å². The summed E-state index contributed by atoms with van der Waals surface area (Å²) in [4.78, 5) is 15.8. The van der Waals surface area contributed by atoms with Gasteiger partial charge >= 0.3 is 0 Å². The van der Waals surface area contributed by atoms with Crippen LogP contribution >= 0.6 is 0 Å². The van der Waals surface area contributed by atoms with Crippen LogP contribution in [0.25, 0.3) is 0 Å². The Labute approximate surface area is 104 Å². The van der Waals surface area contributed by atoms with Crippen molar-refractivity contribution in [3.63, 3.8) is 0 Å². The van der Waals surface area contributed by atoms with E-state index in [1.54, 1.807) is 0 Å². The summed E-state index contributed by atoms with van der Waals surface area (Å²) >= 11 is 0. The monoisotopic (exact) mass is 246 g/mol. The van der Waals surface area contributed by atoms with Crippen LogP contribution < -0.4 is 5.32 Å². The number of nitrogens with zero attached hydrogens (tertiary/aromatic N) is 4. The van der Waals surface area contributed by atoms with Gasteiger partial charge in [-0.3, -0.25) is 14.6 Å². The van der Waals surface area contributed by atoms with Crippen molar-refractivity contribution < 1.29 is 4.79 Å². The molecule has 0 spiro atoms. The highest BCUT2D eigenvalue weighted by Gasteiger charge is 2.25. The number of fused-ring (bicyclic) bond motifs is 1. The zero-order valence-electron chi connectivity index (χ0n) is 10.1. The van der Waals surface area contributed by atoms with Gasteiger partial charge < -0.3 is 5.32 Å². The van der Waals surface area contributed by atoms with Gasteiger partial charge in [-0.25, -0.2) is 4.98 Å². The summed E-state index contributed by atoms with van der Waals surface area (Å²) in [6.45, 7) is 0. The molecule has 1 unspecified atom stereocenters. The van der Waals surface area contributed by atoms with Crippen LogP contribution in [0.15, 0.2) is 12.5 Å². The molecule has 94 valence electrons. The van der Waals surface area contributed by atoms with Gasteiger partial charge in [0, 0.05) is 18.3 Å². The Hall–Kier alpha value is -2.18. The normalized spacial score (nSPS) is 18.4. The van der Waals surface area contributed by atoms with E-state index in [4.69, 9.17) is 0 Å². The molecule has 2 heterocycles. The molecule has 1 aliphatic carbocycles. The average molecular weight is 246 g/mol. The second-order valence-electron chi connectivity index (χ2n) is 4.42. The lowest BCUT2D eigenvalue weighted by Gasteiger charge is -2.23. The van der Waals surface area contributed by atoms with Crippen molar-refractivity contribution in [2.45, 2.75) is 25.3 Å². The molecule has 0 fully saturated rings. The van der Waals surface area contributed by atoms with E-state index < -0.39 is 0 Å². The van der Waals surface area contributed by atoms with E-state index in [9.17, 15) is 4.79 Å². The van der Waals surface area contributed by atoms with Gasteiger partial charge in [0.15, 0.2) is 0 Å². The average Bonchev–Trinajstić information content (AvgIpc) is 3.00. The molecule has 2 aromatic rings. The number of hydrogen-bond acceptors (Lipinski definition) is 4. The molecule has 0 aromatic carbocycles. The summed E-state index contributed by atoms with van der Waals surface area (Å²) in [5, 5.41) is 13.4. The predicted molar refractivity (Wildman–Crippen MR) is 62.7 cm³/mol. The smallest absolute Gasteiger partial charge is 0.289 e. The molecule has 0 bridgehead atoms. The lowest BCUT2D eigenvalue weighted by Crippen LogP contribution is -2.31. The van der Waals surface area contributed by atoms with Crippen LogP contribution in [-0.2, 0) is 13.5 Å². The van der Waals surface area contributed by atoms with Gasteiger partial charge in [0.05, 0.1) is 12.2 Å². The quantitative estimate of drug-likeness (QED) is 0.800. The predicted octanol–water partition coefficient (Wildman–Crippen LogP) is 0.346. The highest BCUT2D eigenvalue weighted by atomic mass is 16.2. The first-order valence-corrected chi connectivity index (χ1v) is 5.92. The largest absolute Gasteiger partial charge is 0.342 e. The van der Waals surface area contributed by atoms with Gasteiger partial charge in [-0.2, -0.15) is 10.2 Å². The number of H-pyrrole nitrogens is 1. The Morgan fingerprint density at radius 1 is 1.61 bits per heavy atom. The second kappa shape index (κ2) is 4.25. The van der Waals surface area contributed by atoms with E-state index in [1.165, 1.54) is 12.0 Å². The van der Waals surface area contributed by atoms with Crippen molar-refractivity contribution in [2.24, 2.45) is 7.05 Å². The summed E-state index contributed by atoms with van der Waals surface area (Å²) in [7, 11) is 1.93. The Morgan fingerprint density at radius 2 is 2.50 bits per heavy atom. The molecule has 0 saturated carbocycles. The number of amides is 1. The van der Waals surface area contributed by atoms with E-state index in [0.29, 0.717) is 0 Å². The highest BCUT2D eigenvalue weighted by molar-refractivity contribution is 5.90. The van der Waals surface area contributed by atoms with Gasteiger partial charge in [0.1, 0.15) is 6.33 Å². The molecule has 2 N–H and O–H groups in total. The number of nitrogens with one attached hydrogen (secondary N) is 2. The van der Waals surface area contributed by atoms with Crippen LogP contribution in [0.2, 0.25) is 0 Å². The van der Waals surface area contributed by atoms with Crippen molar-refractivity contribution in [3.8, 4) is 0 Å². The van der Waals surface area contributed by atoms with Crippen LogP contribution in [0, 0.1) is 0 Å². The third-order valence-electron chi connectivity index (χ3n) is 3.31. The SMILES string of the molecule is Cn1ncc2c1CCCC2NC(=O)c1ncn[nH]1. The number of aryl methyl sites for hydroxylation is 1. The van der Waals surface area contributed by atoms with E-state index in [2.05, 4.69) is 25.6 Å². The minimum Gasteiger partial charge on any atom is -0.342 e. The van der Waals surface area contributed by atoms with Gasteiger partial charge in [-0.15, -0.1) is 0 Å². The molecule has 3 rings (SSSR count). The molecule has 7 heteroatoms. The van der Waals surface area contributed by atoms with Crippen molar-refractivity contribution >= 4 is 5.91 Å². The third kappa shape index (κ3) is 1.77. The van der Waals surface area contributed by atoms with Crippen LogP contribution in [0.4, 0.5) is 0 Å². The van der Waals surface area contributed by atoms with Gasteiger partial charge in [0.25, 0.3) is 5.91 Å². The third-order valence-corrected chi connectivity index (χ3v) is 3.31. The lowest BCUT2D eigenvalue weighted by molar-refractivity contribution is 0.0922. The topological polar surface area (TPSA) is 88.5 Å². The summed E-state index contributed by atoms with van der Waals surface area (Å²) in [6, 6.07) is 0.0139. The molecule has 2 aromatic heterocycles. The van der Waals surface area contributed by atoms with Crippen molar-refractivity contribution in [3.05, 3.63) is 29.6 Å². The van der Waals surface area contributed by atoms with Crippen molar-refractivity contribution in [2.75, 3.05) is 0 Å². The van der Waals surface area contributed by atoms with E-state index in [-0.39, 0.29) is 17.8 Å². The Morgan fingerprint density at radius 3 is 3.28 bits per heavy atom. The van der Waals surface area contributed by atoms with Gasteiger partial charge in [0.2, 0.25) is 5.82 Å². The lowest BCUT2D eigenvalue weighted by atomic mass is 9.93. The van der Waals surface area contributed by atoms with Crippen LogP contribution in [0.3, 0.4) is 0 Å². The first-order valence-electron chi connectivity index (χ1n) is 5.92. The molecule has 1 atom stereocenters. The Kier molecular flexibility index (Phi) is 2.58. The summed E-state index contributed by atoms with van der Waals surface area (Å²) in [5.41, 5.74) is 2.31. The molecule has 1 amide bonds. The molecular weight excluding hydrogens is 232 g/mol. The van der Waals surface area contributed by atoms with Crippen LogP contribution in [-0.4, -0.2) is 30.9 Å². The number of hydrogen-bond donors (Lipinski definition) is 2. The summed E-state index contributed by atoms with van der Waals surface area (Å²) < 4.78 is 1.88. The fourth-order valence-corrected chi connectivity index (χ4v) is 2.40. The van der Waals surface area contributed by atoms with Crippen molar-refractivity contribution in [1.82, 2.24) is 30.3 Å². The zero-order valence-corrected chi connectivity index (χ0v) is 10.1. The molecular formula is C11H14N6O. The standard InChI is InChI=1S/C11H14N6O/c1-17-9-4-2-3-8(7(9)5-14-17)15-11(18)10-12-6-13-16-10/h5-6,8H,2-4H2,1H3,(H,15,18)(H,12,13,16). The minimum absolute atomic E-state index is 0.0139.